The maximum absolute atomic E-state index is 12.2. The molecule has 1 saturated carbocycles. The third kappa shape index (κ3) is 5.95. The van der Waals surface area contributed by atoms with Crippen LogP contribution in [0.4, 0.5) is 4.79 Å². The Kier molecular flexibility index (Phi) is 7.50. The van der Waals surface area contributed by atoms with E-state index in [1.54, 1.807) is 0 Å². The molecule has 180 valence electrons. The van der Waals surface area contributed by atoms with Gasteiger partial charge in [0.05, 0.1) is 12.0 Å². The summed E-state index contributed by atoms with van der Waals surface area (Å²) in [6, 6.07) is 16.5. The van der Waals surface area contributed by atoms with Crippen molar-refractivity contribution in [3.63, 3.8) is 0 Å². The van der Waals surface area contributed by atoms with Crippen LogP contribution in [0.15, 0.2) is 48.5 Å². The average Bonchev–Trinajstić information content (AvgIpc) is 3.48. The van der Waals surface area contributed by atoms with Crippen LogP contribution in [-0.4, -0.2) is 41.8 Å². The van der Waals surface area contributed by atoms with E-state index in [1.807, 2.05) is 24.3 Å². The van der Waals surface area contributed by atoms with Crippen molar-refractivity contribution in [1.82, 2.24) is 10.6 Å². The summed E-state index contributed by atoms with van der Waals surface area (Å²) in [6.07, 6.45) is 4.83. The van der Waals surface area contributed by atoms with E-state index in [4.69, 9.17) is 9.84 Å². The van der Waals surface area contributed by atoms with Crippen LogP contribution >= 0.6 is 0 Å². The quantitative estimate of drug-likeness (QED) is 0.398. The zero-order chi connectivity index (χ0) is 24.0. The van der Waals surface area contributed by atoms with E-state index in [2.05, 4.69) is 34.9 Å². The average molecular weight is 465 g/mol. The highest BCUT2D eigenvalue weighted by Gasteiger charge is 2.45. The van der Waals surface area contributed by atoms with Crippen molar-refractivity contribution in [3.8, 4) is 11.1 Å². The molecule has 0 aromatic heterocycles. The Morgan fingerprint density at radius 3 is 2.15 bits per heavy atom. The highest BCUT2D eigenvalue weighted by molar-refractivity contribution is 5.80. The summed E-state index contributed by atoms with van der Waals surface area (Å²) in [4.78, 5) is 35.1. The third-order valence-corrected chi connectivity index (χ3v) is 6.69. The Morgan fingerprint density at radius 1 is 0.912 bits per heavy atom. The number of ether oxygens (including phenoxy) is 1. The molecule has 7 nitrogen and oxygen atoms in total. The number of benzene rings is 2. The van der Waals surface area contributed by atoms with E-state index < -0.39 is 17.6 Å². The molecule has 0 spiro atoms. The molecule has 2 aromatic carbocycles. The van der Waals surface area contributed by atoms with Crippen LogP contribution in [0.1, 0.15) is 68.4 Å². The first-order valence-electron chi connectivity index (χ1n) is 12.1. The van der Waals surface area contributed by atoms with Crippen molar-refractivity contribution in [2.24, 2.45) is 0 Å². The first kappa shape index (κ1) is 23.8. The molecule has 0 radical (unpaired) electrons. The predicted octanol–water partition coefficient (Wildman–Crippen LogP) is 4.60. The van der Waals surface area contributed by atoms with E-state index in [9.17, 15) is 14.4 Å². The van der Waals surface area contributed by atoms with Gasteiger partial charge in [-0.1, -0.05) is 61.4 Å². The summed E-state index contributed by atoms with van der Waals surface area (Å²) in [5.41, 5.74) is 4.28. The molecule has 0 bridgehead atoms. The van der Waals surface area contributed by atoms with E-state index in [1.165, 1.54) is 22.3 Å². The van der Waals surface area contributed by atoms with Gasteiger partial charge in [-0.05, 0) is 47.9 Å². The number of carboxylic acid groups (broad SMARTS) is 1. The normalized spacial score (nSPS) is 15.2. The minimum Gasteiger partial charge on any atom is -0.481 e. The molecule has 0 atom stereocenters. The van der Waals surface area contributed by atoms with Gasteiger partial charge in [0.15, 0.2) is 0 Å². The van der Waals surface area contributed by atoms with Gasteiger partial charge in [-0.3, -0.25) is 9.59 Å². The first-order chi connectivity index (χ1) is 16.5. The highest BCUT2D eigenvalue weighted by atomic mass is 16.5. The van der Waals surface area contributed by atoms with Crippen LogP contribution in [0, 0.1) is 0 Å². The third-order valence-electron chi connectivity index (χ3n) is 6.69. The second-order valence-corrected chi connectivity index (χ2v) is 9.32. The van der Waals surface area contributed by atoms with Crippen molar-refractivity contribution in [2.45, 2.75) is 62.8 Å². The number of unbranched alkanes of at least 4 members (excludes halogenated alkanes) is 3. The van der Waals surface area contributed by atoms with Gasteiger partial charge >= 0.3 is 12.1 Å². The summed E-state index contributed by atoms with van der Waals surface area (Å²) in [7, 11) is 0. The standard InChI is InChI=1S/C27H32N2O5/c30-24(29-27(14-15-27)17-25(31)32)13-3-1-2-8-16-28-26(33)34-18-23-21-11-6-4-9-19(21)20-10-5-7-12-22(20)23/h4-7,9-12,23H,1-3,8,13-18H2,(H,28,33)(H,29,30)(H,31,32). The van der Waals surface area contributed by atoms with Crippen molar-refractivity contribution in [3.05, 3.63) is 59.7 Å². The van der Waals surface area contributed by atoms with E-state index in [0.717, 1.165) is 38.5 Å². The van der Waals surface area contributed by atoms with Crippen LogP contribution < -0.4 is 10.6 Å². The smallest absolute Gasteiger partial charge is 0.407 e. The van der Waals surface area contributed by atoms with Gasteiger partial charge in [-0.15, -0.1) is 0 Å². The molecule has 7 heteroatoms. The minimum absolute atomic E-state index is 0.000276. The number of amides is 2. The van der Waals surface area contributed by atoms with Crippen LogP contribution in [0.2, 0.25) is 0 Å². The number of alkyl carbamates (subject to hydrolysis) is 1. The lowest BCUT2D eigenvalue weighted by Gasteiger charge is -2.15. The SMILES string of the molecule is O=C(O)CC1(NC(=O)CCCCCCNC(=O)OCC2c3ccccc3-c3ccccc32)CC1. The Morgan fingerprint density at radius 2 is 1.53 bits per heavy atom. The molecule has 0 aliphatic heterocycles. The van der Waals surface area contributed by atoms with Crippen LogP contribution in [0.25, 0.3) is 11.1 Å². The number of nitrogens with one attached hydrogen (secondary N) is 2. The second kappa shape index (κ2) is 10.7. The Labute approximate surface area is 199 Å². The molecule has 3 N–H and O–H groups in total. The topological polar surface area (TPSA) is 105 Å². The molecule has 0 heterocycles. The van der Waals surface area contributed by atoms with E-state index in [-0.39, 0.29) is 18.2 Å². The van der Waals surface area contributed by atoms with Crippen LogP contribution in [-0.2, 0) is 14.3 Å². The monoisotopic (exact) mass is 464 g/mol. The number of aliphatic carboxylic acids is 1. The molecule has 2 amide bonds. The molecule has 0 saturated heterocycles. The van der Waals surface area contributed by atoms with Gasteiger partial charge in [-0.25, -0.2) is 4.79 Å². The summed E-state index contributed by atoms with van der Waals surface area (Å²) >= 11 is 0. The van der Waals surface area contributed by atoms with Gasteiger partial charge in [0.2, 0.25) is 5.91 Å². The first-order valence-corrected chi connectivity index (χ1v) is 12.1. The minimum atomic E-state index is -0.873. The number of rotatable bonds is 12. The number of fused-ring (bicyclic) bond motifs is 3. The number of hydrogen-bond donors (Lipinski definition) is 3. The molecular weight excluding hydrogens is 432 g/mol. The summed E-state index contributed by atoms with van der Waals surface area (Å²) < 4.78 is 5.53. The number of carboxylic acids is 1. The maximum atomic E-state index is 12.2. The van der Waals surface area contributed by atoms with E-state index >= 15 is 0 Å². The zero-order valence-electron chi connectivity index (χ0n) is 19.3. The lowest BCUT2D eigenvalue weighted by atomic mass is 9.98. The molecular formula is C27H32N2O5. The van der Waals surface area contributed by atoms with Crippen molar-refractivity contribution >= 4 is 18.0 Å². The lowest BCUT2D eigenvalue weighted by Crippen LogP contribution is -2.38. The molecule has 2 aliphatic rings. The van der Waals surface area contributed by atoms with Crippen LogP contribution in [0.3, 0.4) is 0 Å². The summed E-state index contributed by atoms with van der Waals surface area (Å²) in [5.74, 6) is -0.896. The lowest BCUT2D eigenvalue weighted by molar-refractivity contribution is -0.138. The van der Waals surface area contributed by atoms with Gasteiger partial charge in [0, 0.05) is 18.9 Å². The van der Waals surface area contributed by atoms with Gasteiger partial charge < -0.3 is 20.5 Å². The number of hydrogen-bond acceptors (Lipinski definition) is 4. The molecule has 4 rings (SSSR count). The molecule has 2 aromatic rings. The van der Waals surface area contributed by atoms with Gasteiger partial charge in [-0.2, -0.15) is 0 Å². The van der Waals surface area contributed by atoms with Crippen molar-refractivity contribution in [1.29, 1.82) is 0 Å². The molecule has 34 heavy (non-hydrogen) atoms. The maximum Gasteiger partial charge on any atom is 0.407 e. The second-order valence-electron chi connectivity index (χ2n) is 9.32. The Balaban J connectivity index is 1.09. The van der Waals surface area contributed by atoms with E-state index in [0.29, 0.717) is 19.6 Å². The zero-order valence-corrected chi connectivity index (χ0v) is 19.3. The fraction of sp³-hybridized carbons (Fsp3) is 0.444. The van der Waals surface area contributed by atoms with Gasteiger partial charge in [0.1, 0.15) is 6.61 Å². The fourth-order valence-corrected chi connectivity index (χ4v) is 4.75. The molecule has 1 fully saturated rings. The number of carbonyl (C=O) groups excluding carboxylic acids is 2. The molecule has 0 unspecified atom stereocenters. The Bertz CT molecular complexity index is 1000. The molecule has 2 aliphatic carbocycles. The number of carbonyl (C=O) groups is 3. The Hall–Kier alpha value is -3.35. The van der Waals surface area contributed by atoms with Crippen LogP contribution in [0.5, 0.6) is 0 Å². The predicted molar refractivity (Wildman–Crippen MR) is 129 cm³/mol. The summed E-state index contributed by atoms with van der Waals surface area (Å²) in [5, 5.41) is 14.6. The highest BCUT2D eigenvalue weighted by Crippen LogP contribution is 2.44. The fourth-order valence-electron chi connectivity index (χ4n) is 4.75. The van der Waals surface area contributed by atoms with Crippen molar-refractivity contribution < 1.29 is 24.2 Å². The summed E-state index contributed by atoms with van der Waals surface area (Å²) in [6.45, 7) is 0.836. The largest absolute Gasteiger partial charge is 0.481 e. The van der Waals surface area contributed by atoms with Crippen molar-refractivity contribution in [2.75, 3.05) is 13.2 Å². The van der Waals surface area contributed by atoms with Gasteiger partial charge in [0.25, 0.3) is 0 Å².